The minimum absolute atomic E-state index is 0.0796. The number of hydrogen-bond donors (Lipinski definition) is 2. The van der Waals surface area contributed by atoms with Gasteiger partial charge in [0.15, 0.2) is 0 Å². The van der Waals surface area contributed by atoms with Gasteiger partial charge in [0.1, 0.15) is 0 Å². The van der Waals surface area contributed by atoms with Gasteiger partial charge in [-0.1, -0.05) is 26.0 Å². The van der Waals surface area contributed by atoms with Gasteiger partial charge in [-0.25, -0.2) is 18.6 Å². The summed E-state index contributed by atoms with van der Waals surface area (Å²) in [6.07, 6.45) is 0.105. The molecule has 1 aromatic rings. The van der Waals surface area contributed by atoms with E-state index in [1.807, 2.05) is 10.3 Å². The number of rotatable bonds is 5. The molecule has 0 aliphatic heterocycles. The molecule has 2 N–H and O–H groups in total. The number of methoxy groups -OCH3 is 1. The number of amides is 1. The van der Waals surface area contributed by atoms with Crippen LogP contribution in [-0.4, -0.2) is 21.6 Å². The van der Waals surface area contributed by atoms with Crippen LogP contribution in [0.15, 0.2) is 29.2 Å². The zero-order valence-electron chi connectivity index (χ0n) is 11.1. The third-order valence-corrected chi connectivity index (χ3v) is 4.11. The van der Waals surface area contributed by atoms with Crippen molar-refractivity contribution in [3.63, 3.8) is 0 Å². The highest BCUT2D eigenvalue weighted by Crippen LogP contribution is 2.20. The number of carbonyl (C=O) groups is 1. The lowest BCUT2D eigenvalue weighted by atomic mass is 9.99. The zero-order chi connectivity index (χ0) is 14.5. The predicted molar refractivity (Wildman–Crippen MR) is 71.0 cm³/mol. The van der Waals surface area contributed by atoms with E-state index < -0.39 is 16.1 Å². The number of nitrogens with one attached hydrogen (secondary N) is 2. The van der Waals surface area contributed by atoms with E-state index in [2.05, 4.69) is 18.6 Å². The molecule has 0 saturated heterocycles. The van der Waals surface area contributed by atoms with Gasteiger partial charge in [-0.3, -0.25) is 0 Å². The van der Waals surface area contributed by atoms with Gasteiger partial charge < -0.3 is 4.74 Å². The van der Waals surface area contributed by atoms with E-state index in [0.29, 0.717) is 5.92 Å². The summed E-state index contributed by atoms with van der Waals surface area (Å²) >= 11 is 0. The Morgan fingerprint density at radius 2 is 1.89 bits per heavy atom. The summed E-state index contributed by atoms with van der Waals surface area (Å²) < 4.78 is 27.9. The molecule has 6 nitrogen and oxygen atoms in total. The third kappa shape index (κ3) is 4.22. The van der Waals surface area contributed by atoms with Gasteiger partial charge in [0.2, 0.25) is 0 Å². The van der Waals surface area contributed by atoms with Gasteiger partial charge >= 0.3 is 6.09 Å². The number of sulfonamides is 1. The molecule has 1 rings (SSSR count). The van der Waals surface area contributed by atoms with Crippen molar-refractivity contribution in [2.45, 2.75) is 31.1 Å². The molecule has 0 heterocycles. The van der Waals surface area contributed by atoms with Crippen LogP contribution in [0.1, 0.15) is 31.7 Å². The van der Waals surface area contributed by atoms with E-state index in [1.165, 1.54) is 12.1 Å². The van der Waals surface area contributed by atoms with Crippen LogP contribution in [0.3, 0.4) is 0 Å². The Balaban J connectivity index is 2.82. The van der Waals surface area contributed by atoms with Crippen molar-refractivity contribution >= 4 is 16.1 Å². The number of benzene rings is 1. The van der Waals surface area contributed by atoms with Crippen LogP contribution in [0.25, 0.3) is 0 Å². The molecule has 1 amide bonds. The second kappa shape index (κ2) is 6.53. The highest BCUT2D eigenvalue weighted by Gasteiger charge is 2.15. The van der Waals surface area contributed by atoms with E-state index in [-0.39, 0.29) is 4.90 Å². The lowest BCUT2D eigenvalue weighted by Crippen LogP contribution is -2.41. The minimum Gasteiger partial charge on any atom is -0.452 e. The first-order valence-electron chi connectivity index (χ1n) is 5.86. The molecular weight excluding hydrogens is 268 g/mol. The first-order chi connectivity index (χ1) is 8.90. The summed E-state index contributed by atoms with van der Waals surface area (Å²) in [6.45, 7) is 4.14. The minimum atomic E-state index is -3.78. The fraction of sp³-hybridized carbons (Fsp3) is 0.417. The summed E-state index contributed by atoms with van der Waals surface area (Å²) in [5.41, 5.74) is 2.99. The SMILES string of the molecule is CC[C@H](C)c1ccc(S(=O)(=O)NNC(=O)OC)cc1. The Hall–Kier alpha value is -1.60. The summed E-state index contributed by atoms with van der Waals surface area (Å²) in [7, 11) is -2.63. The molecule has 0 saturated carbocycles. The van der Waals surface area contributed by atoms with Crippen molar-refractivity contribution in [3.8, 4) is 0 Å². The first kappa shape index (κ1) is 15.5. The van der Waals surface area contributed by atoms with Crippen LogP contribution < -0.4 is 10.3 Å². The van der Waals surface area contributed by atoms with Crippen molar-refractivity contribution in [2.75, 3.05) is 7.11 Å². The molecule has 1 aromatic carbocycles. The largest absolute Gasteiger partial charge is 0.452 e. The summed E-state index contributed by atoms with van der Waals surface area (Å²) in [4.78, 5) is 12.8. The van der Waals surface area contributed by atoms with Crippen molar-refractivity contribution < 1.29 is 17.9 Å². The van der Waals surface area contributed by atoms with Crippen LogP contribution in [-0.2, 0) is 14.8 Å². The lowest BCUT2D eigenvalue weighted by Gasteiger charge is -2.11. The molecule has 19 heavy (non-hydrogen) atoms. The Kier molecular flexibility index (Phi) is 5.31. The quantitative estimate of drug-likeness (QED) is 0.808. The number of hydrogen-bond acceptors (Lipinski definition) is 4. The molecule has 0 aromatic heterocycles. The highest BCUT2D eigenvalue weighted by molar-refractivity contribution is 7.89. The van der Waals surface area contributed by atoms with E-state index in [1.54, 1.807) is 12.1 Å². The van der Waals surface area contributed by atoms with Gasteiger partial charge in [-0.05, 0) is 30.0 Å². The molecule has 0 aliphatic rings. The van der Waals surface area contributed by atoms with Crippen LogP contribution in [0.2, 0.25) is 0 Å². The number of carbonyl (C=O) groups excluding carboxylic acids is 1. The Labute approximate surface area is 113 Å². The molecule has 0 aliphatic carbocycles. The average Bonchev–Trinajstić information content (AvgIpc) is 2.44. The van der Waals surface area contributed by atoms with Crippen molar-refractivity contribution in [1.82, 2.24) is 10.3 Å². The highest BCUT2D eigenvalue weighted by atomic mass is 32.2. The molecule has 1 atom stereocenters. The van der Waals surface area contributed by atoms with E-state index >= 15 is 0 Å². The normalized spacial score (nSPS) is 12.8. The Morgan fingerprint density at radius 3 is 2.37 bits per heavy atom. The van der Waals surface area contributed by atoms with Gasteiger partial charge in [-0.15, -0.1) is 4.83 Å². The second-order valence-corrected chi connectivity index (χ2v) is 5.78. The van der Waals surface area contributed by atoms with Crippen molar-refractivity contribution in [2.24, 2.45) is 0 Å². The van der Waals surface area contributed by atoms with E-state index in [9.17, 15) is 13.2 Å². The maximum atomic E-state index is 11.8. The molecule has 0 bridgehead atoms. The topological polar surface area (TPSA) is 84.5 Å². The third-order valence-electron chi connectivity index (χ3n) is 2.84. The molecule has 106 valence electrons. The smallest absolute Gasteiger partial charge is 0.422 e. The van der Waals surface area contributed by atoms with Crippen LogP contribution in [0.5, 0.6) is 0 Å². The summed E-state index contributed by atoms with van der Waals surface area (Å²) in [5.74, 6) is 0.373. The van der Waals surface area contributed by atoms with Gasteiger partial charge in [0.05, 0.1) is 12.0 Å². The number of ether oxygens (including phenoxy) is 1. The predicted octanol–water partition coefficient (Wildman–Crippen LogP) is 1.75. The molecule has 0 radical (unpaired) electrons. The fourth-order valence-electron chi connectivity index (χ4n) is 1.43. The van der Waals surface area contributed by atoms with Gasteiger partial charge in [0, 0.05) is 0 Å². The van der Waals surface area contributed by atoms with E-state index in [4.69, 9.17) is 0 Å². The molecular formula is C12H18N2O4S. The molecule has 0 fully saturated rings. The zero-order valence-corrected chi connectivity index (χ0v) is 12.0. The van der Waals surface area contributed by atoms with E-state index in [0.717, 1.165) is 19.1 Å². The standard InChI is InChI=1S/C12H18N2O4S/c1-4-9(2)10-5-7-11(8-6-10)19(16,17)14-13-12(15)18-3/h5-9,14H,4H2,1-3H3,(H,13,15)/t9-/m0/s1. The Bertz CT molecular complexity index is 525. The van der Waals surface area contributed by atoms with Crippen molar-refractivity contribution in [3.05, 3.63) is 29.8 Å². The second-order valence-electron chi connectivity index (χ2n) is 4.10. The number of hydrazine groups is 1. The Morgan fingerprint density at radius 1 is 1.32 bits per heavy atom. The fourth-order valence-corrected chi connectivity index (χ4v) is 2.26. The van der Waals surface area contributed by atoms with Crippen LogP contribution in [0.4, 0.5) is 4.79 Å². The monoisotopic (exact) mass is 286 g/mol. The lowest BCUT2D eigenvalue weighted by molar-refractivity contribution is 0.169. The van der Waals surface area contributed by atoms with Crippen LogP contribution >= 0.6 is 0 Å². The molecule has 7 heteroatoms. The maximum Gasteiger partial charge on any atom is 0.422 e. The van der Waals surface area contributed by atoms with Gasteiger partial charge in [0.25, 0.3) is 10.0 Å². The van der Waals surface area contributed by atoms with Crippen molar-refractivity contribution in [1.29, 1.82) is 0 Å². The summed E-state index contributed by atoms with van der Waals surface area (Å²) in [5, 5.41) is 0. The molecule has 0 spiro atoms. The van der Waals surface area contributed by atoms with Crippen LogP contribution in [0, 0.1) is 0 Å². The summed E-state index contributed by atoms with van der Waals surface area (Å²) in [6, 6.07) is 6.54. The first-order valence-corrected chi connectivity index (χ1v) is 7.34. The molecule has 0 unspecified atom stereocenters. The average molecular weight is 286 g/mol. The maximum absolute atomic E-state index is 11.8. The van der Waals surface area contributed by atoms with Gasteiger partial charge in [-0.2, -0.15) is 0 Å².